The van der Waals surface area contributed by atoms with Crippen molar-refractivity contribution in [1.82, 2.24) is 15.3 Å². The zero-order chi connectivity index (χ0) is 19.2. The Morgan fingerprint density at radius 2 is 1.68 bits per heavy atom. The highest BCUT2D eigenvalue weighted by Crippen LogP contribution is 2.22. The van der Waals surface area contributed by atoms with E-state index in [0.29, 0.717) is 23.3 Å². The maximum Gasteiger partial charge on any atom is 0.226 e. The van der Waals surface area contributed by atoms with Crippen molar-refractivity contribution < 1.29 is 13.4 Å². The van der Waals surface area contributed by atoms with Crippen molar-refractivity contribution >= 4 is 5.82 Å². The topological polar surface area (TPSA) is 77.0 Å². The predicted octanol–water partition coefficient (Wildman–Crippen LogP) is 4.97. The third kappa shape index (κ3) is 4.43. The van der Waals surface area contributed by atoms with Gasteiger partial charge in [-0.1, -0.05) is 40.6 Å². The lowest BCUT2D eigenvalue weighted by molar-refractivity contribution is 0.375. The minimum atomic E-state index is -0.279. The van der Waals surface area contributed by atoms with Crippen molar-refractivity contribution in [1.29, 1.82) is 0 Å². The van der Waals surface area contributed by atoms with Gasteiger partial charge in [-0.2, -0.15) is 4.98 Å². The van der Waals surface area contributed by atoms with Crippen LogP contribution in [-0.4, -0.2) is 21.8 Å². The van der Waals surface area contributed by atoms with E-state index in [-0.39, 0.29) is 5.82 Å². The van der Waals surface area contributed by atoms with E-state index in [1.54, 1.807) is 18.2 Å². The highest BCUT2D eigenvalue weighted by molar-refractivity contribution is 5.60. The Morgan fingerprint density at radius 3 is 2.50 bits per heavy atom. The van der Waals surface area contributed by atoms with Crippen molar-refractivity contribution in [2.75, 3.05) is 11.9 Å². The quantitative estimate of drug-likeness (QED) is 0.437. The molecule has 2 aromatic heterocycles. The Labute approximate surface area is 161 Å². The summed E-state index contributed by atoms with van der Waals surface area (Å²) in [6.07, 6.45) is 2.55. The summed E-state index contributed by atoms with van der Waals surface area (Å²) in [4.78, 5) is 4.43. The molecular weight excluding hydrogens is 359 g/mol. The van der Waals surface area contributed by atoms with Crippen molar-refractivity contribution in [3.63, 3.8) is 0 Å². The summed E-state index contributed by atoms with van der Waals surface area (Å²) < 4.78 is 23.6. The van der Waals surface area contributed by atoms with E-state index in [2.05, 4.69) is 20.6 Å². The highest BCUT2D eigenvalue weighted by atomic mass is 19.1. The van der Waals surface area contributed by atoms with Crippen LogP contribution in [0.15, 0.2) is 69.7 Å². The average molecular weight is 378 g/mol. The summed E-state index contributed by atoms with van der Waals surface area (Å²) in [6.45, 7) is 0.745. The zero-order valence-electron chi connectivity index (χ0n) is 15.1. The largest absolute Gasteiger partial charge is 0.367 e. The highest BCUT2D eigenvalue weighted by Gasteiger charge is 2.09. The van der Waals surface area contributed by atoms with Crippen molar-refractivity contribution in [2.24, 2.45) is 0 Å². The Balaban J connectivity index is 1.21. The molecule has 0 aliphatic rings. The number of benzene rings is 2. The molecule has 0 aliphatic carbocycles. The van der Waals surface area contributed by atoms with E-state index >= 15 is 0 Å². The Hall–Kier alpha value is -3.48. The molecule has 0 radical (unpaired) electrons. The molecule has 0 spiro atoms. The maximum atomic E-state index is 13.0. The molecule has 0 aliphatic heterocycles. The number of unbranched alkanes of at least 4 members (excludes halogenated alkanes) is 1. The molecule has 0 atom stereocenters. The molecule has 6 nitrogen and oxygen atoms in total. The molecule has 0 bridgehead atoms. The maximum absolute atomic E-state index is 13.0. The molecule has 2 heterocycles. The first-order valence-electron chi connectivity index (χ1n) is 9.12. The second-order valence-corrected chi connectivity index (χ2v) is 6.34. The third-order valence-electron chi connectivity index (χ3n) is 4.26. The number of halogens is 1. The second-order valence-electron chi connectivity index (χ2n) is 6.34. The fraction of sp³-hybridized carbons (Fsp3) is 0.190. The van der Waals surface area contributed by atoms with Gasteiger partial charge in [0, 0.05) is 30.2 Å². The lowest BCUT2D eigenvalue weighted by Crippen LogP contribution is -2.02. The minimum absolute atomic E-state index is 0.279. The summed E-state index contributed by atoms with van der Waals surface area (Å²) in [6, 6.07) is 17.7. The molecule has 0 unspecified atom stereocenters. The first-order valence-corrected chi connectivity index (χ1v) is 9.12. The van der Waals surface area contributed by atoms with Gasteiger partial charge in [-0.15, -0.1) is 0 Å². The van der Waals surface area contributed by atoms with E-state index in [4.69, 9.17) is 9.05 Å². The van der Waals surface area contributed by atoms with Crippen LogP contribution >= 0.6 is 0 Å². The van der Waals surface area contributed by atoms with Crippen LogP contribution in [0.1, 0.15) is 18.7 Å². The number of anilines is 1. The van der Waals surface area contributed by atoms with Crippen LogP contribution in [0.5, 0.6) is 0 Å². The average Bonchev–Trinajstić information content (AvgIpc) is 3.39. The van der Waals surface area contributed by atoms with E-state index in [0.717, 1.165) is 36.9 Å². The number of aromatic nitrogens is 3. The molecule has 142 valence electrons. The van der Waals surface area contributed by atoms with Crippen molar-refractivity contribution in [2.45, 2.75) is 19.3 Å². The fourth-order valence-corrected chi connectivity index (χ4v) is 2.79. The van der Waals surface area contributed by atoms with Gasteiger partial charge in [0.2, 0.25) is 11.7 Å². The van der Waals surface area contributed by atoms with E-state index in [9.17, 15) is 4.39 Å². The van der Waals surface area contributed by atoms with Gasteiger partial charge in [0.15, 0.2) is 11.6 Å². The third-order valence-corrected chi connectivity index (χ3v) is 4.26. The summed E-state index contributed by atoms with van der Waals surface area (Å²) in [7, 11) is 0. The normalized spacial score (nSPS) is 10.9. The number of nitrogens with one attached hydrogen (secondary N) is 1. The Bertz CT molecular complexity index is 1010. The smallest absolute Gasteiger partial charge is 0.226 e. The molecule has 7 heteroatoms. The molecule has 1 N–H and O–H groups in total. The predicted molar refractivity (Wildman–Crippen MR) is 103 cm³/mol. The standard InChI is InChI=1S/C21H19FN4O2/c22-17-11-9-15(10-12-17)18-14-19(25-27-18)23-13-5-4-8-20-24-21(26-28-20)16-6-2-1-3-7-16/h1-3,6-7,9-12,14H,4-5,8,13H2,(H,23,25). The zero-order valence-corrected chi connectivity index (χ0v) is 15.1. The number of nitrogens with zero attached hydrogens (tertiary/aromatic N) is 3. The first kappa shape index (κ1) is 17.9. The Kier molecular flexibility index (Phi) is 5.42. The SMILES string of the molecule is Fc1ccc(-c2cc(NCCCCc3nc(-c4ccccc4)no3)no2)cc1. The fourth-order valence-electron chi connectivity index (χ4n) is 2.79. The molecule has 2 aromatic carbocycles. The van der Waals surface area contributed by atoms with Gasteiger partial charge >= 0.3 is 0 Å². The summed E-state index contributed by atoms with van der Waals surface area (Å²) in [5.41, 5.74) is 1.73. The second kappa shape index (κ2) is 8.47. The van der Waals surface area contributed by atoms with E-state index < -0.39 is 0 Å². The van der Waals surface area contributed by atoms with Crippen LogP contribution in [-0.2, 0) is 6.42 Å². The lowest BCUT2D eigenvalue weighted by Gasteiger charge is -2.00. The molecule has 28 heavy (non-hydrogen) atoms. The van der Waals surface area contributed by atoms with Gasteiger partial charge in [-0.05, 0) is 37.1 Å². The van der Waals surface area contributed by atoms with Gasteiger partial charge in [-0.3, -0.25) is 0 Å². The molecule has 0 saturated heterocycles. The van der Waals surface area contributed by atoms with Crippen LogP contribution in [0.4, 0.5) is 10.2 Å². The summed E-state index contributed by atoms with van der Waals surface area (Å²) in [5.74, 6) is 2.23. The number of rotatable bonds is 8. The number of hydrogen-bond acceptors (Lipinski definition) is 6. The van der Waals surface area contributed by atoms with Crippen LogP contribution in [0.25, 0.3) is 22.7 Å². The number of hydrogen-bond donors (Lipinski definition) is 1. The molecule has 0 amide bonds. The molecular formula is C21H19FN4O2. The van der Waals surface area contributed by atoms with Crippen LogP contribution in [0.2, 0.25) is 0 Å². The monoisotopic (exact) mass is 378 g/mol. The molecule has 0 fully saturated rings. The minimum Gasteiger partial charge on any atom is -0.367 e. The van der Waals surface area contributed by atoms with Crippen molar-refractivity contribution in [3.05, 3.63) is 72.4 Å². The molecule has 0 saturated carbocycles. The van der Waals surface area contributed by atoms with E-state index in [1.807, 2.05) is 30.3 Å². The van der Waals surface area contributed by atoms with Crippen LogP contribution in [0.3, 0.4) is 0 Å². The van der Waals surface area contributed by atoms with Gasteiger partial charge in [-0.25, -0.2) is 4.39 Å². The van der Waals surface area contributed by atoms with Gasteiger partial charge in [0.1, 0.15) is 5.82 Å². The first-order chi connectivity index (χ1) is 13.8. The van der Waals surface area contributed by atoms with Gasteiger partial charge in [0.05, 0.1) is 0 Å². The van der Waals surface area contributed by atoms with Gasteiger partial charge in [0.25, 0.3) is 0 Å². The number of aryl methyl sites for hydroxylation is 1. The van der Waals surface area contributed by atoms with Crippen molar-refractivity contribution in [3.8, 4) is 22.7 Å². The van der Waals surface area contributed by atoms with Crippen LogP contribution in [0, 0.1) is 5.82 Å². The molecule has 4 rings (SSSR count). The van der Waals surface area contributed by atoms with Gasteiger partial charge < -0.3 is 14.4 Å². The Morgan fingerprint density at radius 1 is 0.857 bits per heavy atom. The molecule has 4 aromatic rings. The van der Waals surface area contributed by atoms with E-state index in [1.165, 1.54) is 12.1 Å². The summed E-state index contributed by atoms with van der Waals surface area (Å²) >= 11 is 0. The summed E-state index contributed by atoms with van der Waals surface area (Å²) in [5, 5.41) is 11.2. The van der Waals surface area contributed by atoms with Crippen LogP contribution < -0.4 is 5.32 Å². The lowest BCUT2D eigenvalue weighted by atomic mass is 10.2.